The first-order valence-corrected chi connectivity index (χ1v) is 20.3. The largest absolute Gasteiger partial charge is 0.454 e. The van der Waals surface area contributed by atoms with Crippen molar-refractivity contribution in [3.8, 4) is 11.1 Å². The second-order valence-corrected chi connectivity index (χ2v) is 15.3. The minimum Gasteiger partial charge on any atom is -0.454 e. The molecule has 282 valence electrons. The van der Waals surface area contributed by atoms with Crippen molar-refractivity contribution in [1.82, 2.24) is 0 Å². The van der Waals surface area contributed by atoms with Crippen molar-refractivity contribution in [1.29, 1.82) is 0 Å². The van der Waals surface area contributed by atoms with Gasteiger partial charge in [-0.25, -0.2) is 0 Å². The average molecular weight is 769 g/mol. The lowest BCUT2D eigenvalue weighted by molar-refractivity contribution is 0.669. The number of nitrogens with zero attached hydrogens (tertiary/aromatic N) is 2. The van der Waals surface area contributed by atoms with Gasteiger partial charge in [0.15, 0.2) is 11.2 Å². The van der Waals surface area contributed by atoms with Gasteiger partial charge in [0.1, 0.15) is 11.2 Å². The molecule has 0 spiro atoms. The van der Waals surface area contributed by atoms with Crippen LogP contribution in [-0.4, -0.2) is 0 Å². The Morgan fingerprint density at radius 3 is 1.10 bits per heavy atom. The Kier molecular flexibility index (Phi) is 7.82. The molecule has 0 amide bonds. The lowest BCUT2D eigenvalue weighted by Crippen LogP contribution is -2.11. The van der Waals surface area contributed by atoms with Gasteiger partial charge in [0.05, 0.1) is 22.7 Å². The van der Waals surface area contributed by atoms with E-state index in [-0.39, 0.29) is 0 Å². The predicted molar refractivity (Wildman–Crippen MR) is 251 cm³/mol. The molecule has 2 aromatic heterocycles. The van der Waals surface area contributed by atoms with Crippen molar-refractivity contribution in [3.63, 3.8) is 0 Å². The van der Waals surface area contributed by atoms with Crippen LogP contribution in [0.15, 0.2) is 227 Å². The summed E-state index contributed by atoms with van der Waals surface area (Å²) >= 11 is 0. The third kappa shape index (κ3) is 5.46. The molecular weight excluding hydrogens is 733 g/mol. The van der Waals surface area contributed by atoms with Crippen molar-refractivity contribution < 1.29 is 8.83 Å². The molecule has 12 aromatic rings. The van der Waals surface area contributed by atoms with Gasteiger partial charge >= 0.3 is 0 Å². The van der Waals surface area contributed by atoms with Crippen LogP contribution in [0.3, 0.4) is 0 Å². The van der Waals surface area contributed by atoms with Gasteiger partial charge in [-0.15, -0.1) is 0 Å². The first-order valence-electron chi connectivity index (χ1n) is 20.3. The van der Waals surface area contributed by atoms with E-state index in [4.69, 9.17) is 8.83 Å². The normalized spacial score (nSPS) is 11.7. The highest BCUT2D eigenvalue weighted by atomic mass is 16.3. The van der Waals surface area contributed by atoms with E-state index in [1.54, 1.807) is 0 Å². The molecule has 0 aliphatic rings. The first kappa shape index (κ1) is 34.0. The first-order chi connectivity index (χ1) is 29.8. The molecule has 0 saturated heterocycles. The Hall–Kier alpha value is -8.08. The maximum absolute atomic E-state index is 6.69. The molecule has 0 saturated carbocycles. The fourth-order valence-corrected chi connectivity index (χ4v) is 9.09. The number of hydrogen-bond donors (Lipinski definition) is 0. The van der Waals surface area contributed by atoms with E-state index in [1.165, 1.54) is 10.8 Å². The molecule has 0 N–H and O–H groups in total. The van der Waals surface area contributed by atoms with E-state index in [1.807, 2.05) is 24.3 Å². The molecule has 0 unspecified atom stereocenters. The highest BCUT2D eigenvalue weighted by molar-refractivity contribution is 6.13. The number of hydrogen-bond acceptors (Lipinski definition) is 4. The van der Waals surface area contributed by atoms with Crippen LogP contribution < -0.4 is 9.80 Å². The Balaban J connectivity index is 1.05. The van der Waals surface area contributed by atoms with Crippen LogP contribution in [0, 0.1) is 0 Å². The zero-order valence-electron chi connectivity index (χ0n) is 32.5. The summed E-state index contributed by atoms with van der Waals surface area (Å²) in [6.07, 6.45) is 0. The molecule has 12 rings (SSSR count). The van der Waals surface area contributed by atoms with Crippen LogP contribution in [0.25, 0.3) is 76.5 Å². The predicted octanol–water partition coefficient (Wildman–Crippen LogP) is 16.4. The highest BCUT2D eigenvalue weighted by Crippen LogP contribution is 2.47. The van der Waals surface area contributed by atoms with Crippen molar-refractivity contribution in [2.45, 2.75) is 0 Å². The Labute approximate surface area is 346 Å². The Morgan fingerprint density at radius 2 is 0.617 bits per heavy atom. The fraction of sp³-hybridized carbons (Fsp3) is 0. The highest BCUT2D eigenvalue weighted by Gasteiger charge is 2.23. The SMILES string of the molecule is c1cc(-c2cccc(N(c3cccc4ccccc34)c3cccc4c3oc3ccccc34)c2)cc(N(c2cccc3ccccc23)c2cccc3c2oc2ccccc23)c1. The van der Waals surface area contributed by atoms with Crippen molar-refractivity contribution in [3.05, 3.63) is 218 Å². The number of rotatable bonds is 7. The Bertz CT molecular complexity index is 3350. The molecule has 10 aromatic carbocycles. The number of fused-ring (bicyclic) bond motifs is 8. The van der Waals surface area contributed by atoms with Gasteiger partial charge in [0, 0.05) is 43.7 Å². The monoisotopic (exact) mass is 768 g/mol. The fourth-order valence-electron chi connectivity index (χ4n) is 9.09. The van der Waals surface area contributed by atoms with Crippen LogP contribution in [0.1, 0.15) is 0 Å². The number of benzene rings is 10. The molecule has 0 bridgehead atoms. The summed E-state index contributed by atoms with van der Waals surface area (Å²) in [6.45, 7) is 0. The lowest BCUT2D eigenvalue weighted by Gasteiger charge is -2.28. The average Bonchev–Trinajstić information content (AvgIpc) is 3.89. The molecule has 2 heterocycles. The minimum absolute atomic E-state index is 0.851. The molecule has 4 nitrogen and oxygen atoms in total. The zero-order chi connectivity index (χ0) is 39.6. The van der Waals surface area contributed by atoms with Crippen molar-refractivity contribution >= 4 is 99.5 Å². The maximum Gasteiger partial charge on any atom is 0.159 e. The van der Waals surface area contributed by atoms with Gasteiger partial charge in [0.2, 0.25) is 0 Å². The van der Waals surface area contributed by atoms with Crippen LogP contribution in [-0.2, 0) is 0 Å². The van der Waals surface area contributed by atoms with Crippen molar-refractivity contribution in [2.24, 2.45) is 0 Å². The molecule has 0 aliphatic carbocycles. The second kappa shape index (κ2) is 13.8. The van der Waals surface area contributed by atoms with E-state index in [0.717, 1.165) is 99.9 Å². The number of furan rings is 2. The van der Waals surface area contributed by atoms with Crippen LogP contribution in [0.5, 0.6) is 0 Å². The number of anilines is 6. The Morgan fingerprint density at radius 1 is 0.267 bits per heavy atom. The molecular formula is C56H36N2O2. The maximum atomic E-state index is 6.69. The molecule has 0 atom stereocenters. The van der Waals surface area contributed by atoms with Crippen LogP contribution in [0.4, 0.5) is 34.1 Å². The van der Waals surface area contributed by atoms with E-state index in [9.17, 15) is 0 Å². The quantitative estimate of drug-likeness (QED) is 0.162. The summed E-state index contributed by atoms with van der Waals surface area (Å²) in [6, 6.07) is 77.4. The summed E-state index contributed by atoms with van der Waals surface area (Å²) in [5.74, 6) is 0. The minimum atomic E-state index is 0.851. The summed E-state index contributed by atoms with van der Waals surface area (Å²) < 4.78 is 13.4. The summed E-state index contributed by atoms with van der Waals surface area (Å²) in [5, 5.41) is 9.05. The molecule has 0 radical (unpaired) electrons. The van der Waals surface area contributed by atoms with Gasteiger partial charge < -0.3 is 18.6 Å². The smallest absolute Gasteiger partial charge is 0.159 e. The number of para-hydroxylation sites is 4. The van der Waals surface area contributed by atoms with Gasteiger partial charge in [0.25, 0.3) is 0 Å². The summed E-state index contributed by atoms with van der Waals surface area (Å²) in [7, 11) is 0. The van der Waals surface area contributed by atoms with Crippen LogP contribution in [0.2, 0.25) is 0 Å². The van der Waals surface area contributed by atoms with Gasteiger partial charge in [-0.2, -0.15) is 0 Å². The van der Waals surface area contributed by atoms with Crippen LogP contribution >= 0.6 is 0 Å². The van der Waals surface area contributed by atoms with Gasteiger partial charge in [-0.3, -0.25) is 0 Å². The summed E-state index contributed by atoms with van der Waals surface area (Å²) in [5.41, 5.74) is 11.8. The molecule has 60 heavy (non-hydrogen) atoms. The summed E-state index contributed by atoms with van der Waals surface area (Å²) in [4.78, 5) is 4.70. The van der Waals surface area contributed by atoms with Gasteiger partial charge in [-0.05, 0) is 82.6 Å². The third-order valence-corrected chi connectivity index (χ3v) is 11.8. The van der Waals surface area contributed by atoms with Gasteiger partial charge in [-0.1, -0.05) is 158 Å². The molecule has 0 fully saturated rings. The lowest BCUT2D eigenvalue weighted by atomic mass is 10.0. The van der Waals surface area contributed by atoms with E-state index >= 15 is 0 Å². The van der Waals surface area contributed by atoms with E-state index in [0.29, 0.717) is 0 Å². The zero-order valence-corrected chi connectivity index (χ0v) is 32.5. The third-order valence-electron chi connectivity index (χ3n) is 11.8. The second-order valence-electron chi connectivity index (χ2n) is 15.3. The standard InChI is InChI=1S/C56H36N2O2/c1-3-23-43-37(15-1)17-11-29-49(43)57(51-31-13-27-47-45-25-5-7-33-53(45)59-55(47)51)41-21-9-19-39(35-41)40-20-10-22-42(36-40)58(50-30-12-18-38-16-2-4-24-44(38)50)52-32-14-28-48-46-26-6-8-34-54(46)60-56(48)52/h1-36H. The van der Waals surface area contributed by atoms with E-state index in [2.05, 4.69) is 204 Å². The molecule has 0 aliphatic heterocycles. The molecule has 4 heteroatoms. The van der Waals surface area contributed by atoms with E-state index < -0.39 is 0 Å². The van der Waals surface area contributed by atoms with Crippen molar-refractivity contribution in [2.75, 3.05) is 9.80 Å². The topological polar surface area (TPSA) is 32.8 Å².